The Balaban J connectivity index is 0.00000108. The minimum atomic E-state index is 0. The summed E-state index contributed by atoms with van der Waals surface area (Å²) in [4.78, 5) is 7.02. The molecule has 1 aliphatic heterocycles. The smallest absolute Gasteiger partial charge is 0.186 e. The Morgan fingerprint density at radius 3 is 2.65 bits per heavy atom. The molecule has 1 aliphatic rings. The molecule has 1 fully saturated rings. The fourth-order valence-electron chi connectivity index (χ4n) is 2.09. The summed E-state index contributed by atoms with van der Waals surface area (Å²) in [5.41, 5.74) is 7.02. The lowest BCUT2D eigenvalue weighted by molar-refractivity contribution is 0.501. The van der Waals surface area contributed by atoms with E-state index < -0.39 is 0 Å². The van der Waals surface area contributed by atoms with Crippen LogP contribution in [0.15, 0.2) is 24.3 Å². The largest absolute Gasteiger partial charge is 0.348 e. The molecule has 1 aromatic carbocycles. The van der Waals surface area contributed by atoms with Gasteiger partial charge in [0.25, 0.3) is 0 Å². The molecule has 0 atom stereocenters. The maximum absolute atomic E-state index is 5.91. The number of hydrogen-bond donors (Lipinski definition) is 1. The van der Waals surface area contributed by atoms with E-state index in [0.717, 1.165) is 36.6 Å². The molecular weight excluding hydrogens is 254 g/mol. The Morgan fingerprint density at radius 1 is 1.24 bits per heavy atom. The monoisotopic (exact) mass is 269 g/mol. The van der Waals surface area contributed by atoms with E-state index in [4.69, 9.17) is 5.73 Å². The molecule has 17 heavy (non-hydrogen) atoms. The number of hydrogen-bond acceptors (Lipinski definition) is 4. The van der Waals surface area contributed by atoms with Crippen LogP contribution in [-0.4, -0.2) is 24.1 Å². The first kappa shape index (κ1) is 12.6. The van der Waals surface area contributed by atoms with Crippen LogP contribution in [0.3, 0.4) is 0 Å². The molecule has 5 heteroatoms. The zero-order valence-electron chi connectivity index (χ0n) is 9.50. The molecule has 0 radical (unpaired) electrons. The van der Waals surface area contributed by atoms with Gasteiger partial charge in [0.05, 0.1) is 10.2 Å². The lowest BCUT2D eigenvalue weighted by Crippen LogP contribution is -2.39. The van der Waals surface area contributed by atoms with Gasteiger partial charge < -0.3 is 10.6 Å². The lowest BCUT2D eigenvalue weighted by Gasteiger charge is -2.29. The summed E-state index contributed by atoms with van der Waals surface area (Å²) in [6.45, 7) is 2.09. The van der Waals surface area contributed by atoms with Gasteiger partial charge in [0.15, 0.2) is 5.13 Å². The Hall–Kier alpha value is -0.840. The SMILES string of the molecule is Cl.NC1CCN(c2nc3ccccc3s2)CC1. The molecule has 0 amide bonds. The average Bonchev–Trinajstić information content (AvgIpc) is 2.73. The number of rotatable bonds is 1. The van der Waals surface area contributed by atoms with Crippen LogP contribution in [0.25, 0.3) is 10.2 Å². The number of aromatic nitrogens is 1. The van der Waals surface area contributed by atoms with Crippen LogP contribution < -0.4 is 10.6 Å². The highest BCUT2D eigenvalue weighted by Gasteiger charge is 2.18. The van der Waals surface area contributed by atoms with Gasteiger partial charge >= 0.3 is 0 Å². The zero-order chi connectivity index (χ0) is 11.0. The normalized spacial score (nSPS) is 17.1. The van der Waals surface area contributed by atoms with Crippen molar-refractivity contribution in [2.75, 3.05) is 18.0 Å². The van der Waals surface area contributed by atoms with Gasteiger partial charge in [-0.3, -0.25) is 0 Å². The van der Waals surface area contributed by atoms with Gasteiger partial charge in [0.2, 0.25) is 0 Å². The number of fused-ring (bicyclic) bond motifs is 1. The highest BCUT2D eigenvalue weighted by Crippen LogP contribution is 2.29. The number of para-hydroxylation sites is 1. The second kappa shape index (κ2) is 5.21. The van der Waals surface area contributed by atoms with E-state index in [0.29, 0.717) is 6.04 Å². The third-order valence-corrected chi connectivity index (χ3v) is 4.19. The molecule has 0 unspecified atom stereocenters. The van der Waals surface area contributed by atoms with Crippen LogP contribution in [0.4, 0.5) is 5.13 Å². The van der Waals surface area contributed by atoms with E-state index in [1.54, 1.807) is 11.3 Å². The molecule has 0 bridgehead atoms. The number of anilines is 1. The first-order valence-electron chi connectivity index (χ1n) is 5.69. The fraction of sp³-hybridized carbons (Fsp3) is 0.417. The maximum atomic E-state index is 5.91. The maximum Gasteiger partial charge on any atom is 0.186 e. The van der Waals surface area contributed by atoms with Crippen molar-refractivity contribution >= 4 is 39.1 Å². The summed E-state index contributed by atoms with van der Waals surface area (Å²) < 4.78 is 1.27. The fourth-order valence-corrected chi connectivity index (χ4v) is 3.10. The van der Waals surface area contributed by atoms with Crippen molar-refractivity contribution in [3.8, 4) is 0 Å². The van der Waals surface area contributed by atoms with E-state index in [-0.39, 0.29) is 12.4 Å². The Kier molecular flexibility index (Phi) is 3.86. The summed E-state index contributed by atoms with van der Waals surface area (Å²) >= 11 is 1.78. The first-order valence-corrected chi connectivity index (χ1v) is 6.51. The van der Waals surface area contributed by atoms with Gasteiger partial charge in [0, 0.05) is 19.1 Å². The third-order valence-electron chi connectivity index (χ3n) is 3.09. The summed E-state index contributed by atoms with van der Waals surface area (Å²) in [5, 5.41) is 1.15. The Labute approximate surface area is 111 Å². The van der Waals surface area contributed by atoms with Crippen molar-refractivity contribution < 1.29 is 0 Å². The summed E-state index contributed by atoms with van der Waals surface area (Å²) in [5.74, 6) is 0. The average molecular weight is 270 g/mol. The molecule has 2 N–H and O–H groups in total. The minimum absolute atomic E-state index is 0. The molecule has 0 spiro atoms. The second-order valence-electron chi connectivity index (χ2n) is 4.29. The van der Waals surface area contributed by atoms with Gasteiger partial charge in [-0.2, -0.15) is 0 Å². The van der Waals surface area contributed by atoms with Crippen molar-refractivity contribution in [3.63, 3.8) is 0 Å². The van der Waals surface area contributed by atoms with Gasteiger partial charge in [0.1, 0.15) is 0 Å². The summed E-state index contributed by atoms with van der Waals surface area (Å²) in [6, 6.07) is 8.69. The molecule has 1 saturated heterocycles. The van der Waals surface area contributed by atoms with Crippen molar-refractivity contribution in [2.45, 2.75) is 18.9 Å². The van der Waals surface area contributed by atoms with Crippen LogP contribution in [0, 0.1) is 0 Å². The standard InChI is InChI=1S/C12H15N3S.ClH/c13-9-5-7-15(8-6-9)12-14-10-3-1-2-4-11(10)16-12;/h1-4,9H,5-8,13H2;1H. The molecule has 2 aromatic rings. The van der Waals surface area contributed by atoms with Crippen LogP contribution >= 0.6 is 23.7 Å². The van der Waals surface area contributed by atoms with Gasteiger partial charge in [-0.1, -0.05) is 23.5 Å². The number of nitrogens with two attached hydrogens (primary N) is 1. The molecule has 1 aromatic heterocycles. The molecule has 0 saturated carbocycles. The van der Waals surface area contributed by atoms with Crippen molar-refractivity contribution in [2.24, 2.45) is 5.73 Å². The summed E-state index contributed by atoms with van der Waals surface area (Å²) in [7, 11) is 0. The van der Waals surface area contributed by atoms with E-state index in [2.05, 4.69) is 28.1 Å². The molecule has 92 valence electrons. The number of thiazole rings is 1. The van der Waals surface area contributed by atoms with Crippen LogP contribution in [0.5, 0.6) is 0 Å². The Morgan fingerprint density at radius 2 is 1.94 bits per heavy atom. The summed E-state index contributed by atoms with van der Waals surface area (Å²) in [6.07, 6.45) is 2.16. The molecule has 2 heterocycles. The molecule has 3 rings (SSSR count). The first-order chi connectivity index (χ1) is 7.83. The van der Waals surface area contributed by atoms with E-state index in [1.807, 2.05) is 6.07 Å². The minimum Gasteiger partial charge on any atom is -0.348 e. The van der Waals surface area contributed by atoms with Gasteiger partial charge in [-0.25, -0.2) is 4.98 Å². The quantitative estimate of drug-likeness (QED) is 0.865. The highest BCUT2D eigenvalue weighted by molar-refractivity contribution is 7.22. The molecular formula is C12H16ClN3S. The number of nitrogens with zero attached hydrogens (tertiary/aromatic N) is 2. The van der Waals surface area contributed by atoms with Gasteiger partial charge in [-0.05, 0) is 25.0 Å². The van der Waals surface area contributed by atoms with Crippen molar-refractivity contribution in [1.29, 1.82) is 0 Å². The lowest BCUT2D eigenvalue weighted by atomic mass is 10.1. The number of benzene rings is 1. The third kappa shape index (κ3) is 2.54. The van der Waals surface area contributed by atoms with Crippen LogP contribution in [-0.2, 0) is 0 Å². The van der Waals surface area contributed by atoms with E-state index in [9.17, 15) is 0 Å². The number of piperidine rings is 1. The zero-order valence-corrected chi connectivity index (χ0v) is 11.1. The highest BCUT2D eigenvalue weighted by atomic mass is 35.5. The van der Waals surface area contributed by atoms with Crippen molar-refractivity contribution in [3.05, 3.63) is 24.3 Å². The van der Waals surface area contributed by atoms with E-state index >= 15 is 0 Å². The number of halogens is 1. The molecule has 3 nitrogen and oxygen atoms in total. The molecule has 0 aliphatic carbocycles. The van der Waals surface area contributed by atoms with Gasteiger partial charge in [-0.15, -0.1) is 12.4 Å². The second-order valence-corrected chi connectivity index (χ2v) is 5.30. The topological polar surface area (TPSA) is 42.1 Å². The van der Waals surface area contributed by atoms with Crippen LogP contribution in [0.2, 0.25) is 0 Å². The predicted molar refractivity (Wildman–Crippen MR) is 76.3 cm³/mol. The Bertz CT molecular complexity index is 458. The van der Waals surface area contributed by atoms with Crippen LogP contribution in [0.1, 0.15) is 12.8 Å². The van der Waals surface area contributed by atoms with Crippen molar-refractivity contribution in [1.82, 2.24) is 4.98 Å². The predicted octanol–water partition coefficient (Wildman–Crippen LogP) is 2.65. The van der Waals surface area contributed by atoms with E-state index in [1.165, 1.54) is 4.70 Å².